The van der Waals surface area contributed by atoms with Gasteiger partial charge in [-0.3, -0.25) is 4.79 Å². The summed E-state index contributed by atoms with van der Waals surface area (Å²) >= 11 is 2.62. The van der Waals surface area contributed by atoms with Crippen molar-refractivity contribution in [3.63, 3.8) is 0 Å². The Morgan fingerprint density at radius 1 is 1.27 bits per heavy atom. The van der Waals surface area contributed by atoms with Crippen LogP contribution in [0.15, 0.2) is 56.3 Å². The van der Waals surface area contributed by atoms with Gasteiger partial charge in [-0.1, -0.05) is 17.8 Å². The first-order chi connectivity index (χ1) is 12.3. The van der Waals surface area contributed by atoms with Crippen LogP contribution in [0, 0.1) is 0 Å². The third kappa shape index (κ3) is 4.49. The molecule has 0 unspecified atom stereocenters. The van der Waals surface area contributed by atoms with E-state index in [4.69, 9.17) is 9.56 Å². The molecule has 0 saturated carbocycles. The number of nitrogens with zero attached hydrogens (tertiary/aromatic N) is 2. The summed E-state index contributed by atoms with van der Waals surface area (Å²) in [6.45, 7) is 1.70. The van der Waals surface area contributed by atoms with Gasteiger partial charge in [0.25, 0.3) is 11.1 Å². The van der Waals surface area contributed by atoms with Crippen LogP contribution in [0.4, 0.5) is 5.69 Å². The second-order valence-corrected chi connectivity index (χ2v) is 8.97. The zero-order chi connectivity index (χ0) is 18.7. The van der Waals surface area contributed by atoms with Crippen LogP contribution < -0.4 is 10.5 Å². The molecule has 0 aliphatic rings. The first-order valence-corrected chi connectivity index (χ1v) is 10.6. The number of sulfonamides is 1. The lowest BCUT2D eigenvalue weighted by molar-refractivity contribution is -0.115. The lowest BCUT2D eigenvalue weighted by atomic mass is 10.3. The summed E-state index contributed by atoms with van der Waals surface area (Å²) in [5, 5.41) is 17.3. The van der Waals surface area contributed by atoms with Gasteiger partial charge in [-0.15, -0.1) is 21.5 Å². The Balaban J connectivity index is 1.61. The molecule has 0 aliphatic carbocycles. The van der Waals surface area contributed by atoms with Gasteiger partial charge in [-0.25, -0.2) is 13.6 Å². The van der Waals surface area contributed by atoms with E-state index in [2.05, 4.69) is 15.5 Å². The number of carbonyl (C=O) groups excluding carboxylic acids is 1. The van der Waals surface area contributed by atoms with Gasteiger partial charge in [-0.05, 0) is 42.6 Å². The van der Waals surface area contributed by atoms with Crippen LogP contribution in [-0.4, -0.2) is 29.8 Å². The summed E-state index contributed by atoms with van der Waals surface area (Å²) in [6.07, 6.45) is 0. The van der Waals surface area contributed by atoms with Crippen molar-refractivity contribution in [2.45, 2.75) is 22.3 Å². The van der Waals surface area contributed by atoms with Gasteiger partial charge in [0.05, 0.1) is 15.0 Å². The third-order valence-electron chi connectivity index (χ3n) is 3.24. The van der Waals surface area contributed by atoms with E-state index >= 15 is 0 Å². The summed E-state index contributed by atoms with van der Waals surface area (Å²) in [5.74, 6) is 0.128. The number of anilines is 1. The highest BCUT2D eigenvalue weighted by Crippen LogP contribution is 2.28. The van der Waals surface area contributed by atoms with Gasteiger partial charge >= 0.3 is 0 Å². The lowest BCUT2D eigenvalue weighted by Crippen LogP contribution is -2.22. The summed E-state index contributed by atoms with van der Waals surface area (Å²) < 4.78 is 28.0. The number of primary sulfonamides is 1. The quantitative estimate of drug-likeness (QED) is 0.598. The average molecular weight is 411 g/mol. The van der Waals surface area contributed by atoms with Gasteiger partial charge < -0.3 is 9.73 Å². The zero-order valence-corrected chi connectivity index (χ0v) is 15.9. The molecular formula is C15H14N4O4S3. The number of hydrogen-bond donors (Lipinski definition) is 2. The van der Waals surface area contributed by atoms with Crippen molar-refractivity contribution in [2.24, 2.45) is 5.14 Å². The topological polar surface area (TPSA) is 128 Å². The average Bonchev–Trinajstić information content (AvgIpc) is 3.25. The van der Waals surface area contributed by atoms with Crippen molar-refractivity contribution in [3.05, 3.63) is 41.8 Å². The van der Waals surface area contributed by atoms with Crippen molar-refractivity contribution in [1.29, 1.82) is 0 Å². The van der Waals surface area contributed by atoms with Gasteiger partial charge in [0.1, 0.15) is 0 Å². The van der Waals surface area contributed by atoms with Crippen LogP contribution in [0.1, 0.15) is 6.92 Å². The standard InChI is InChI=1S/C15H14N4O4S3/c1-9(25-15-19-18-14(23-15)12-3-2-8-24-12)13(20)17-10-4-6-11(7-5-10)26(16,21)22/h2-9H,1H3,(H,17,20)(H2,16,21,22)/t9-/m0/s1. The number of nitrogens with one attached hydrogen (secondary N) is 1. The highest BCUT2D eigenvalue weighted by Gasteiger charge is 2.19. The van der Waals surface area contributed by atoms with Crippen molar-refractivity contribution >= 4 is 44.7 Å². The predicted octanol–water partition coefficient (Wildman–Crippen LogP) is 2.56. The van der Waals surface area contributed by atoms with Crippen LogP contribution in [-0.2, 0) is 14.8 Å². The minimum absolute atomic E-state index is 0.0233. The highest BCUT2D eigenvalue weighted by atomic mass is 32.2. The van der Waals surface area contributed by atoms with Gasteiger partial charge in [-0.2, -0.15) is 0 Å². The van der Waals surface area contributed by atoms with Crippen LogP contribution in [0.5, 0.6) is 0 Å². The normalized spacial score (nSPS) is 12.7. The third-order valence-corrected chi connectivity index (χ3v) is 5.96. The van der Waals surface area contributed by atoms with Crippen molar-refractivity contribution in [3.8, 4) is 10.8 Å². The fourth-order valence-electron chi connectivity index (χ4n) is 1.93. The van der Waals surface area contributed by atoms with Crippen molar-refractivity contribution in [2.75, 3.05) is 5.32 Å². The zero-order valence-electron chi connectivity index (χ0n) is 13.4. The summed E-state index contributed by atoms with van der Waals surface area (Å²) in [6, 6.07) is 9.34. The molecule has 1 atom stereocenters. The molecule has 3 N–H and O–H groups in total. The van der Waals surface area contributed by atoms with E-state index in [0.29, 0.717) is 16.8 Å². The van der Waals surface area contributed by atoms with Gasteiger partial charge in [0.15, 0.2) is 0 Å². The molecule has 136 valence electrons. The van der Waals surface area contributed by atoms with E-state index in [-0.39, 0.29) is 10.8 Å². The Bertz CT molecular complexity index is 998. The number of hydrogen-bond acceptors (Lipinski definition) is 8. The van der Waals surface area contributed by atoms with Crippen molar-refractivity contribution < 1.29 is 17.6 Å². The molecule has 26 heavy (non-hydrogen) atoms. The molecule has 8 nitrogen and oxygen atoms in total. The van der Waals surface area contributed by atoms with E-state index in [1.807, 2.05) is 17.5 Å². The maximum atomic E-state index is 12.3. The number of benzene rings is 1. The number of carbonyl (C=O) groups is 1. The maximum Gasteiger partial charge on any atom is 0.277 e. The minimum atomic E-state index is -3.77. The van der Waals surface area contributed by atoms with Crippen LogP contribution in [0.25, 0.3) is 10.8 Å². The van der Waals surface area contributed by atoms with Crippen LogP contribution in [0.3, 0.4) is 0 Å². The molecule has 3 aromatic rings. The van der Waals surface area contributed by atoms with E-state index in [1.165, 1.54) is 35.6 Å². The fraction of sp³-hybridized carbons (Fsp3) is 0.133. The largest absolute Gasteiger partial charge is 0.410 e. The highest BCUT2D eigenvalue weighted by molar-refractivity contribution is 8.00. The predicted molar refractivity (Wildman–Crippen MR) is 99.4 cm³/mol. The Hall–Kier alpha value is -2.21. The smallest absolute Gasteiger partial charge is 0.277 e. The Labute approximate surface area is 157 Å². The lowest BCUT2D eigenvalue weighted by Gasteiger charge is -2.10. The first-order valence-electron chi connectivity index (χ1n) is 7.31. The SMILES string of the molecule is C[C@H](Sc1nnc(-c2cccs2)o1)C(=O)Nc1ccc(S(N)(=O)=O)cc1. The monoisotopic (exact) mass is 410 g/mol. The number of amides is 1. The van der Waals surface area contributed by atoms with E-state index in [1.54, 1.807) is 6.92 Å². The molecule has 0 radical (unpaired) electrons. The molecule has 3 rings (SSSR count). The summed E-state index contributed by atoms with van der Waals surface area (Å²) in [5.41, 5.74) is 0.458. The molecule has 2 aromatic heterocycles. The van der Waals surface area contributed by atoms with Crippen LogP contribution >= 0.6 is 23.1 Å². The maximum absolute atomic E-state index is 12.3. The van der Waals surface area contributed by atoms with Crippen LogP contribution in [0.2, 0.25) is 0 Å². The number of thiophene rings is 1. The van der Waals surface area contributed by atoms with Crippen molar-refractivity contribution in [1.82, 2.24) is 10.2 Å². The Kier molecular flexibility index (Phi) is 5.41. The molecular weight excluding hydrogens is 396 g/mol. The molecule has 0 fully saturated rings. The molecule has 0 aliphatic heterocycles. The van der Waals surface area contributed by atoms with Gasteiger partial charge in [0, 0.05) is 5.69 Å². The number of thioether (sulfide) groups is 1. The second kappa shape index (κ2) is 7.58. The van der Waals surface area contributed by atoms with Gasteiger partial charge in [0.2, 0.25) is 15.9 Å². The molecule has 1 aromatic carbocycles. The van der Waals surface area contributed by atoms with E-state index < -0.39 is 15.3 Å². The fourth-order valence-corrected chi connectivity index (χ4v) is 3.78. The molecule has 2 heterocycles. The number of aromatic nitrogens is 2. The Morgan fingerprint density at radius 3 is 2.62 bits per heavy atom. The van der Waals surface area contributed by atoms with E-state index in [9.17, 15) is 13.2 Å². The summed E-state index contributed by atoms with van der Waals surface area (Å²) in [4.78, 5) is 13.1. The molecule has 0 spiro atoms. The molecule has 0 saturated heterocycles. The summed E-state index contributed by atoms with van der Waals surface area (Å²) in [7, 11) is -3.77. The van der Waals surface area contributed by atoms with E-state index in [0.717, 1.165) is 16.6 Å². The molecule has 1 amide bonds. The number of nitrogens with two attached hydrogens (primary N) is 1. The second-order valence-electron chi connectivity index (χ2n) is 5.17. The molecule has 11 heteroatoms. The first kappa shape index (κ1) is 18.6. The number of rotatable bonds is 6. The Morgan fingerprint density at radius 2 is 2.00 bits per heavy atom. The molecule has 0 bridgehead atoms. The minimum Gasteiger partial charge on any atom is -0.410 e.